The quantitative estimate of drug-likeness (QED) is 0.469. The van der Waals surface area contributed by atoms with Crippen LogP contribution in [-0.4, -0.2) is 68.6 Å². The van der Waals surface area contributed by atoms with Crippen molar-refractivity contribution in [2.24, 2.45) is 14.1 Å². The van der Waals surface area contributed by atoms with Crippen LogP contribution in [0.25, 0.3) is 11.2 Å². The lowest BCUT2D eigenvalue weighted by atomic mass is 10.3. The molecule has 32 heavy (non-hydrogen) atoms. The highest BCUT2D eigenvalue weighted by molar-refractivity contribution is 6.35. The molecule has 0 spiro atoms. The molecule has 3 aromatic rings. The number of hydrogen-bond acceptors (Lipinski definition) is 7. The maximum Gasteiger partial charge on any atom is 0.332 e. The van der Waals surface area contributed by atoms with E-state index in [1.165, 1.54) is 11.6 Å². The van der Waals surface area contributed by atoms with Crippen LogP contribution >= 0.6 is 23.2 Å². The maximum atomic E-state index is 12.9. The van der Waals surface area contributed by atoms with Gasteiger partial charge in [0.05, 0.1) is 11.6 Å². The van der Waals surface area contributed by atoms with Crippen molar-refractivity contribution in [1.29, 1.82) is 0 Å². The third-order valence-electron chi connectivity index (χ3n) is 4.91. The van der Waals surface area contributed by atoms with Crippen LogP contribution < -0.4 is 21.3 Å². The fourth-order valence-corrected chi connectivity index (χ4v) is 3.66. The minimum absolute atomic E-state index is 0.0133. The third kappa shape index (κ3) is 5.09. The number of halogens is 2. The fraction of sp³-hybridized carbons (Fsp3) is 0.450. The summed E-state index contributed by atoms with van der Waals surface area (Å²) in [4.78, 5) is 31.6. The van der Waals surface area contributed by atoms with E-state index in [0.29, 0.717) is 28.3 Å². The number of nitrogens with zero attached hydrogens (tertiary/aromatic N) is 5. The van der Waals surface area contributed by atoms with E-state index >= 15 is 0 Å². The summed E-state index contributed by atoms with van der Waals surface area (Å²) >= 11 is 12.0. The molecule has 0 aliphatic heterocycles. The lowest BCUT2D eigenvalue weighted by Gasteiger charge is -2.17. The molecule has 0 aliphatic carbocycles. The van der Waals surface area contributed by atoms with Gasteiger partial charge in [0.2, 0.25) is 5.95 Å². The van der Waals surface area contributed by atoms with E-state index in [1.807, 2.05) is 19.0 Å². The maximum absolute atomic E-state index is 12.9. The molecule has 0 saturated carbocycles. The summed E-state index contributed by atoms with van der Waals surface area (Å²) in [5, 5.41) is 14.6. The highest BCUT2D eigenvalue weighted by atomic mass is 35.5. The van der Waals surface area contributed by atoms with E-state index in [2.05, 4.69) is 10.3 Å². The largest absolute Gasteiger partial charge is 0.489 e. The molecule has 2 heterocycles. The molecule has 2 aromatic heterocycles. The van der Waals surface area contributed by atoms with Crippen LogP contribution in [0.2, 0.25) is 10.0 Å². The Morgan fingerprint density at radius 1 is 1.22 bits per heavy atom. The normalized spacial score (nSPS) is 12.5. The second-order valence-electron chi connectivity index (χ2n) is 7.69. The van der Waals surface area contributed by atoms with Gasteiger partial charge < -0.3 is 24.6 Å². The van der Waals surface area contributed by atoms with E-state index in [-0.39, 0.29) is 24.3 Å². The van der Waals surface area contributed by atoms with Gasteiger partial charge in [0, 0.05) is 32.2 Å². The minimum atomic E-state index is -0.990. The summed E-state index contributed by atoms with van der Waals surface area (Å²) in [5.41, 5.74) is -0.525. The summed E-state index contributed by atoms with van der Waals surface area (Å²) < 4.78 is 9.52. The van der Waals surface area contributed by atoms with Gasteiger partial charge >= 0.3 is 5.69 Å². The first kappa shape index (κ1) is 24.1. The standard InChI is InChI=1S/C20H26Cl2N6O4/c1-25(2)8-7-23-19-24-17-16(18(30)27(4)20(31)26(17)3)28(19)10-13(29)11-32-15-6-5-12(21)9-14(15)22/h5-6,9,13,29H,7-8,10-11H2,1-4H3,(H,23,24)/t13-/m1/s1. The monoisotopic (exact) mass is 484 g/mol. The number of rotatable bonds is 9. The summed E-state index contributed by atoms with van der Waals surface area (Å²) in [5.74, 6) is 0.761. The summed E-state index contributed by atoms with van der Waals surface area (Å²) in [6, 6.07) is 4.80. The highest BCUT2D eigenvalue weighted by Gasteiger charge is 2.21. The van der Waals surface area contributed by atoms with E-state index in [4.69, 9.17) is 27.9 Å². The van der Waals surface area contributed by atoms with Gasteiger partial charge in [-0.3, -0.25) is 13.9 Å². The second-order valence-corrected chi connectivity index (χ2v) is 8.54. The van der Waals surface area contributed by atoms with E-state index in [1.54, 1.807) is 29.8 Å². The summed E-state index contributed by atoms with van der Waals surface area (Å²) in [6.07, 6.45) is -0.990. The first-order chi connectivity index (χ1) is 15.1. The van der Waals surface area contributed by atoms with Crippen molar-refractivity contribution < 1.29 is 9.84 Å². The van der Waals surface area contributed by atoms with Crippen molar-refractivity contribution >= 4 is 40.3 Å². The van der Waals surface area contributed by atoms with Gasteiger partial charge in [0.15, 0.2) is 11.2 Å². The Morgan fingerprint density at radius 2 is 1.94 bits per heavy atom. The Hall–Kier alpha value is -2.53. The molecule has 0 aliphatic rings. The highest BCUT2D eigenvalue weighted by Crippen LogP contribution is 2.27. The molecule has 1 aromatic carbocycles. The lowest BCUT2D eigenvalue weighted by Crippen LogP contribution is -2.38. The van der Waals surface area contributed by atoms with Gasteiger partial charge in [-0.15, -0.1) is 0 Å². The topological polar surface area (TPSA) is 107 Å². The van der Waals surface area contributed by atoms with Crippen LogP contribution in [0.1, 0.15) is 0 Å². The Morgan fingerprint density at radius 3 is 2.59 bits per heavy atom. The molecule has 0 saturated heterocycles. The summed E-state index contributed by atoms with van der Waals surface area (Å²) in [7, 11) is 6.83. The average molecular weight is 485 g/mol. The Kier molecular flexibility index (Phi) is 7.50. The molecule has 10 nitrogen and oxygen atoms in total. The Balaban J connectivity index is 1.91. The molecule has 0 amide bonds. The number of ether oxygens (including phenoxy) is 1. The van der Waals surface area contributed by atoms with Crippen molar-refractivity contribution in [2.75, 3.05) is 39.1 Å². The van der Waals surface area contributed by atoms with Crippen LogP contribution in [0.5, 0.6) is 5.75 Å². The predicted octanol–water partition coefficient (Wildman–Crippen LogP) is 1.15. The van der Waals surface area contributed by atoms with Gasteiger partial charge in [-0.05, 0) is 32.3 Å². The van der Waals surface area contributed by atoms with Gasteiger partial charge in [-0.2, -0.15) is 4.98 Å². The van der Waals surface area contributed by atoms with Crippen molar-refractivity contribution in [3.05, 3.63) is 49.1 Å². The molecular weight excluding hydrogens is 459 g/mol. The molecule has 3 rings (SSSR count). The molecule has 0 unspecified atom stereocenters. The molecule has 0 bridgehead atoms. The van der Waals surface area contributed by atoms with Crippen LogP contribution in [-0.2, 0) is 20.6 Å². The Bertz CT molecular complexity index is 1230. The van der Waals surface area contributed by atoms with Gasteiger partial charge in [-0.25, -0.2) is 4.79 Å². The SMILES string of the molecule is CN(C)CCNc1nc2c(c(=O)n(C)c(=O)n2C)n1C[C@@H](O)COc1ccc(Cl)cc1Cl. The number of nitrogens with one attached hydrogen (secondary N) is 1. The number of aryl methyl sites for hydroxylation is 1. The number of fused-ring (bicyclic) bond motifs is 1. The number of likely N-dealkylation sites (N-methyl/N-ethyl adjacent to an activating group) is 1. The van der Waals surface area contributed by atoms with Crippen LogP contribution in [0.15, 0.2) is 27.8 Å². The molecule has 0 fully saturated rings. The first-order valence-corrected chi connectivity index (χ1v) is 10.7. The van der Waals surface area contributed by atoms with Crippen molar-refractivity contribution in [3.63, 3.8) is 0 Å². The zero-order valence-electron chi connectivity index (χ0n) is 18.3. The first-order valence-electron chi connectivity index (χ1n) is 9.91. The van der Waals surface area contributed by atoms with Crippen LogP contribution in [0.4, 0.5) is 5.95 Å². The Labute approximate surface area is 194 Å². The van der Waals surface area contributed by atoms with Crippen molar-refractivity contribution in [2.45, 2.75) is 12.6 Å². The molecule has 2 N–H and O–H groups in total. The van der Waals surface area contributed by atoms with Gasteiger partial charge in [0.1, 0.15) is 18.5 Å². The number of benzene rings is 1. The number of hydrogen-bond donors (Lipinski definition) is 2. The molecular formula is C20H26Cl2N6O4. The predicted molar refractivity (Wildman–Crippen MR) is 125 cm³/mol. The number of imidazole rings is 1. The van der Waals surface area contributed by atoms with Crippen molar-refractivity contribution in [1.82, 2.24) is 23.6 Å². The van der Waals surface area contributed by atoms with E-state index < -0.39 is 17.4 Å². The number of aliphatic hydroxyl groups excluding tert-OH is 1. The number of aliphatic hydroxyl groups is 1. The smallest absolute Gasteiger partial charge is 0.332 e. The molecule has 1 atom stereocenters. The lowest BCUT2D eigenvalue weighted by molar-refractivity contribution is 0.0938. The second kappa shape index (κ2) is 9.95. The van der Waals surface area contributed by atoms with E-state index in [0.717, 1.165) is 11.1 Å². The number of aromatic nitrogens is 4. The third-order valence-corrected chi connectivity index (χ3v) is 5.44. The van der Waals surface area contributed by atoms with Gasteiger partial charge in [-0.1, -0.05) is 23.2 Å². The van der Waals surface area contributed by atoms with E-state index in [9.17, 15) is 14.7 Å². The van der Waals surface area contributed by atoms with Gasteiger partial charge in [0.25, 0.3) is 5.56 Å². The van der Waals surface area contributed by atoms with Crippen LogP contribution in [0, 0.1) is 0 Å². The molecule has 0 radical (unpaired) electrons. The molecule has 12 heteroatoms. The fourth-order valence-electron chi connectivity index (χ4n) is 3.19. The number of anilines is 1. The summed E-state index contributed by atoms with van der Waals surface area (Å²) in [6.45, 7) is 1.21. The zero-order valence-corrected chi connectivity index (χ0v) is 19.8. The van der Waals surface area contributed by atoms with Crippen molar-refractivity contribution in [3.8, 4) is 5.75 Å². The minimum Gasteiger partial charge on any atom is -0.489 e. The van der Waals surface area contributed by atoms with Crippen LogP contribution in [0.3, 0.4) is 0 Å². The zero-order chi connectivity index (χ0) is 23.6. The average Bonchev–Trinajstić information content (AvgIpc) is 3.08. The molecule has 174 valence electrons.